The molecule has 1 aliphatic rings. The van der Waals surface area contributed by atoms with Gasteiger partial charge in [0.2, 0.25) is 11.7 Å². The molecule has 0 spiro atoms. The van der Waals surface area contributed by atoms with Crippen LogP contribution in [-0.2, 0) is 10.7 Å². The molecule has 1 N–H and O–H groups in total. The molecule has 0 aromatic carbocycles. The Balaban J connectivity index is 1.89. The Morgan fingerprint density at radius 3 is 2.86 bits per heavy atom. The third kappa shape index (κ3) is 3.17. The Hall–Kier alpha value is -3.41. The average molecular weight is 382 g/mol. The predicted molar refractivity (Wildman–Crippen MR) is 97.0 cm³/mol. The lowest BCUT2D eigenvalue weighted by molar-refractivity contribution is -0.114. The van der Waals surface area contributed by atoms with Crippen molar-refractivity contribution in [3.05, 3.63) is 42.1 Å². The van der Waals surface area contributed by atoms with E-state index in [2.05, 4.69) is 26.3 Å². The SMILES string of the molecule is CC(=O)Nc1cc2c(cn1)c([C@@H]1C[C@H]1C#N)cn2-c1ccnc(C(C)(F)F)n1. The van der Waals surface area contributed by atoms with Crippen molar-refractivity contribution in [2.45, 2.75) is 32.1 Å². The van der Waals surface area contributed by atoms with Gasteiger partial charge in [0, 0.05) is 49.8 Å². The number of carbonyl (C=O) groups excluding carboxylic acids is 1. The molecule has 1 amide bonds. The first-order valence-corrected chi connectivity index (χ1v) is 8.68. The predicted octanol–water partition coefficient (Wildman–Crippen LogP) is 3.51. The summed E-state index contributed by atoms with van der Waals surface area (Å²) in [6.45, 7) is 2.12. The van der Waals surface area contributed by atoms with Crippen LogP contribution in [0.2, 0.25) is 0 Å². The van der Waals surface area contributed by atoms with Crippen molar-refractivity contribution in [3.63, 3.8) is 0 Å². The summed E-state index contributed by atoms with van der Waals surface area (Å²) in [6, 6.07) is 5.45. The van der Waals surface area contributed by atoms with Crippen LogP contribution in [0.5, 0.6) is 0 Å². The van der Waals surface area contributed by atoms with Crippen LogP contribution < -0.4 is 5.32 Å². The third-order valence-corrected chi connectivity index (χ3v) is 4.66. The fraction of sp³-hybridized carbons (Fsp3) is 0.316. The Morgan fingerprint density at radius 2 is 2.21 bits per heavy atom. The number of nitriles is 1. The lowest BCUT2D eigenvalue weighted by atomic mass is 10.1. The van der Waals surface area contributed by atoms with Crippen molar-refractivity contribution in [3.8, 4) is 11.9 Å². The number of pyridine rings is 1. The van der Waals surface area contributed by atoms with Gasteiger partial charge in [-0.15, -0.1) is 0 Å². The van der Waals surface area contributed by atoms with Crippen molar-refractivity contribution in [1.29, 1.82) is 5.26 Å². The molecule has 2 atom stereocenters. The molecule has 4 rings (SSSR count). The minimum Gasteiger partial charge on any atom is -0.311 e. The molecule has 142 valence electrons. The second kappa shape index (κ2) is 6.34. The molecular weight excluding hydrogens is 366 g/mol. The van der Waals surface area contributed by atoms with Gasteiger partial charge in [0.25, 0.3) is 0 Å². The summed E-state index contributed by atoms with van der Waals surface area (Å²) in [6.07, 6.45) is 5.44. The summed E-state index contributed by atoms with van der Waals surface area (Å²) < 4.78 is 29.0. The summed E-state index contributed by atoms with van der Waals surface area (Å²) in [5.41, 5.74) is 1.56. The van der Waals surface area contributed by atoms with Crippen molar-refractivity contribution >= 4 is 22.6 Å². The van der Waals surface area contributed by atoms with E-state index in [0.717, 1.165) is 24.3 Å². The van der Waals surface area contributed by atoms with Crippen molar-refractivity contribution in [2.24, 2.45) is 5.92 Å². The maximum atomic E-state index is 13.7. The summed E-state index contributed by atoms with van der Waals surface area (Å²) >= 11 is 0. The maximum Gasteiger partial charge on any atom is 0.303 e. The molecule has 3 heterocycles. The standard InChI is InChI=1S/C19H16F2N6O/c1-10(28)25-16-6-15-13(8-24-16)14(12-5-11(12)7-22)9-27(15)17-3-4-23-18(26-17)19(2,20)21/h3-4,6,8-9,11-12H,5H2,1-2H3,(H,24,25,28)/t11-,12+/m0/s1. The van der Waals surface area contributed by atoms with E-state index >= 15 is 0 Å². The first-order valence-electron chi connectivity index (χ1n) is 8.68. The van der Waals surface area contributed by atoms with Gasteiger partial charge < -0.3 is 9.88 Å². The van der Waals surface area contributed by atoms with E-state index in [0.29, 0.717) is 11.3 Å². The highest BCUT2D eigenvalue weighted by Crippen LogP contribution is 2.49. The van der Waals surface area contributed by atoms with Gasteiger partial charge in [-0.25, -0.2) is 15.0 Å². The summed E-state index contributed by atoms with van der Waals surface area (Å²) in [5, 5.41) is 12.6. The number of hydrogen-bond donors (Lipinski definition) is 1. The number of hydrogen-bond acceptors (Lipinski definition) is 5. The molecule has 1 fully saturated rings. The number of alkyl halides is 2. The summed E-state index contributed by atoms with van der Waals surface area (Å²) in [7, 11) is 0. The fourth-order valence-electron chi connectivity index (χ4n) is 3.25. The Bertz CT molecular complexity index is 1130. The van der Waals surface area contributed by atoms with Gasteiger partial charge in [-0.1, -0.05) is 0 Å². The fourth-order valence-corrected chi connectivity index (χ4v) is 3.25. The highest BCUT2D eigenvalue weighted by Gasteiger charge is 2.40. The summed E-state index contributed by atoms with van der Waals surface area (Å²) in [5.74, 6) is -3.41. The number of halogens is 2. The number of nitrogens with zero attached hydrogens (tertiary/aromatic N) is 5. The molecule has 0 unspecified atom stereocenters. The van der Waals surface area contributed by atoms with Crippen molar-refractivity contribution in [2.75, 3.05) is 5.32 Å². The molecule has 0 radical (unpaired) electrons. The molecular formula is C19H16F2N6O. The van der Waals surface area contributed by atoms with Gasteiger partial charge in [-0.2, -0.15) is 14.0 Å². The number of amides is 1. The summed E-state index contributed by atoms with van der Waals surface area (Å²) in [4.78, 5) is 23.3. The van der Waals surface area contributed by atoms with Crippen LogP contribution in [0.3, 0.4) is 0 Å². The molecule has 0 aliphatic heterocycles. The lowest BCUT2D eigenvalue weighted by Crippen LogP contribution is -2.14. The second-order valence-electron chi connectivity index (χ2n) is 6.93. The molecule has 0 saturated heterocycles. The van der Waals surface area contributed by atoms with Crippen molar-refractivity contribution < 1.29 is 13.6 Å². The van der Waals surface area contributed by atoms with Crippen LogP contribution in [0.25, 0.3) is 16.7 Å². The molecule has 3 aromatic rings. The highest BCUT2D eigenvalue weighted by atomic mass is 19.3. The Kier molecular flexibility index (Phi) is 4.07. The van der Waals surface area contributed by atoms with E-state index in [1.165, 1.54) is 19.2 Å². The van der Waals surface area contributed by atoms with E-state index in [1.807, 2.05) is 0 Å². The largest absolute Gasteiger partial charge is 0.311 e. The topological polar surface area (TPSA) is 96.5 Å². The quantitative estimate of drug-likeness (QED) is 0.745. The van der Waals surface area contributed by atoms with Gasteiger partial charge in [0.1, 0.15) is 11.6 Å². The molecule has 9 heteroatoms. The van der Waals surface area contributed by atoms with E-state index < -0.39 is 11.7 Å². The third-order valence-electron chi connectivity index (χ3n) is 4.66. The molecule has 0 bridgehead atoms. The van der Waals surface area contributed by atoms with E-state index in [9.17, 15) is 18.8 Å². The van der Waals surface area contributed by atoms with E-state index in [1.54, 1.807) is 23.0 Å². The number of carbonyl (C=O) groups is 1. The van der Waals surface area contributed by atoms with Gasteiger partial charge in [-0.05, 0) is 18.1 Å². The van der Waals surface area contributed by atoms with Crippen LogP contribution in [-0.4, -0.2) is 25.4 Å². The first-order chi connectivity index (χ1) is 13.3. The van der Waals surface area contributed by atoms with Gasteiger partial charge in [0.15, 0.2) is 0 Å². The Morgan fingerprint density at radius 1 is 1.43 bits per heavy atom. The minimum absolute atomic E-state index is 0.0658. The lowest BCUT2D eigenvalue weighted by Gasteiger charge is -2.11. The smallest absolute Gasteiger partial charge is 0.303 e. The van der Waals surface area contributed by atoms with Crippen LogP contribution in [0, 0.1) is 17.2 Å². The van der Waals surface area contributed by atoms with Gasteiger partial charge in [0.05, 0.1) is 17.5 Å². The first kappa shape index (κ1) is 18.0. The Labute approximate surface area is 159 Å². The number of nitrogens with one attached hydrogen (secondary N) is 1. The highest BCUT2D eigenvalue weighted by molar-refractivity contribution is 5.92. The average Bonchev–Trinajstić information content (AvgIpc) is 3.33. The minimum atomic E-state index is -3.17. The van der Waals surface area contributed by atoms with E-state index in [4.69, 9.17) is 0 Å². The monoisotopic (exact) mass is 382 g/mol. The van der Waals surface area contributed by atoms with Crippen LogP contribution in [0.15, 0.2) is 30.7 Å². The molecule has 28 heavy (non-hydrogen) atoms. The van der Waals surface area contributed by atoms with E-state index in [-0.39, 0.29) is 23.6 Å². The zero-order valence-corrected chi connectivity index (χ0v) is 15.1. The van der Waals surface area contributed by atoms with Gasteiger partial charge >= 0.3 is 5.92 Å². The molecule has 1 aliphatic carbocycles. The normalized spacial score (nSPS) is 18.7. The van der Waals surface area contributed by atoms with Crippen LogP contribution in [0.4, 0.5) is 14.6 Å². The second-order valence-corrected chi connectivity index (χ2v) is 6.93. The molecule has 3 aromatic heterocycles. The molecule has 7 nitrogen and oxygen atoms in total. The van der Waals surface area contributed by atoms with Crippen LogP contribution >= 0.6 is 0 Å². The number of fused-ring (bicyclic) bond motifs is 1. The number of anilines is 1. The molecule has 1 saturated carbocycles. The number of rotatable bonds is 4. The zero-order valence-electron chi connectivity index (χ0n) is 15.1. The van der Waals surface area contributed by atoms with Crippen molar-refractivity contribution in [1.82, 2.24) is 19.5 Å². The van der Waals surface area contributed by atoms with Gasteiger partial charge in [-0.3, -0.25) is 4.79 Å². The van der Waals surface area contributed by atoms with Crippen LogP contribution in [0.1, 0.15) is 37.6 Å². The zero-order chi connectivity index (χ0) is 20.1. The maximum absolute atomic E-state index is 13.7. The number of aromatic nitrogens is 4.